The lowest BCUT2D eigenvalue weighted by atomic mass is 9.70. The van der Waals surface area contributed by atoms with E-state index in [1.54, 1.807) is 6.92 Å². The van der Waals surface area contributed by atoms with Gasteiger partial charge in [-0.15, -0.1) is 0 Å². The van der Waals surface area contributed by atoms with Crippen LogP contribution in [0.1, 0.15) is 60.3 Å². The minimum atomic E-state index is -1.32. The molecule has 1 unspecified atom stereocenters. The van der Waals surface area contributed by atoms with Gasteiger partial charge in [-0.2, -0.15) is 0 Å². The van der Waals surface area contributed by atoms with Crippen molar-refractivity contribution in [2.75, 3.05) is 6.61 Å². The number of carbonyl (C=O) groups is 3. The summed E-state index contributed by atoms with van der Waals surface area (Å²) in [6, 6.07) is 0. The van der Waals surface area contributed by atoms with E-state index in [0.29, 0.717) is 19.4 Å². The Labute approximate surface area is 138 Å². The number of ether oxygens (including phenoxy) is 1. The molecule has 130 valence electrons. The number of esters is 1. The largest absolute Gasteiger partial charge is 0.475 e. The number of hydrogen-bond acceptors (Lipinski definition) is 4. The molecule has 0 spiro atoms. The van der Waals surface area contributed by atoms with Gasteiger partial charge in [0.05, 0.1) is 12.0 Å². The van der Waals surface area contributed by atoms with E-state index in [1.807, 2.05) is 26.8 Å². The van der Waals surface area contributed by atoms with Gasteiger partial charge in [-0.05, 0) is 32.6 Å². The molecule has 1 aliphatic carbocycles. The Morgan fingerprint density at radius 3 is 2.09 bits per heavy atom. The highest BCUT2D eigenvalue weighted by Gasteiger charge is 2.40. The van der Waals surface area contributed by atoms with Gasteiger partial charge in [0.1, 0.15) is 0 Å². The molecule has 0 saturated heterocycles. The second kappa shape index (κ2) is 9.98. The maximum absolute atomic E-state index is 11.9. The number of Topliss-reactive ketones (excluding diaryl/α,β-unsaturated/α-hetero) is 1. The van der Waals surface area contributed by atoms with Gasteiger partial charge in [-0.1, -0.05) is 44.1 Å². The maximum atomic E-state index is 11.9. The van der Waals surface area contributed by atoms with E-state index in [9.17, 15) is 14.4 Å². The Morgan fingerprint density at radius 1 is 1.17 bits per heavy atom. The first-order valence-corrected chi connectivity index (χ1v) is 8.08. The average molecular weight is 324 g/mol. The number of allylic oxidation sites excluding steroid dienone is 4. The van der Waals surface area contributed by atoms with E-state index in [4.69, 9.17) is 5.11 Å². The zero-order valence-corrected chi connectivity index (χ0v) is 14.8. The maximum Gasteiger partial charge on any atom is 0.373 e. The van der Waals surface area contributed by atoms with Crippen LogP contribution in [0.25, 0.3) is 0 Å². The van der Waals surface area contributed by atoms with E-state index in [-0.39, 0.29) is 5.97 Å². The zero-order chi connectivity index (χ0) is 18.0. The smallest absolute Gasteiger partial charge is 0.373 e. The lowest BCUT2D eigenvalue weighted by Crippen LogP contribution is -2.36. The summed E-state index contributed by atoms with van der Waals surface area (Å²) in [6.07, 6.45) is 6.75. The van der Waals surface area contributed by atoms with Crippen molar-refractivity contribution >= 4 is 17.7 Å². The van der Waals surface area contributed by atoms with Crippen LogP contribution in [0.3, 0.4) is 0 Å². The van der Waals surface area contributed by atoms with Crippen molar-refractivity contribution in [3.8, 4) is 0 Å². The molecule has 0 aromatic rings. The van der Waals surface area contributed by atoms with Gasteiger partial charge in [0.15, 0.2) is 0 Å². The third kappa shape index (κ3) is 6.38. The van der Waals surface area contributed by atoms with Crippen LogP contribution in [0.5, 0.6) is 0 Å². The molecule has 0 bridgehead atoms. The third-order valence-corrected chi connectivity index (χ3v) is 3.88. The van der Waals surface area contributed by atoms with Gasteiger partial charge < -0.3 is 9.84 Å². The average Bonchev–Trinajstić information content (AvgIpc) is 2.53. The van der Waals surface area contributed by atoms with Crippen LogP contribution in [-0.4, -0.2) is 29.4 Å². The summed E-state index contributed by atoms with van der Waals surface area (Å²) >= 11 is 0. The van der Waals surface area contributed by atoms with Crippen molar-refractivity contribution in [2.24, 2.45) is 5.41 Å². The molecule has 0 aromatic heterocycles. The Kier molecular flexibility index (Phi) is 9.15. The molecule has 0 amide bonds. The Bertz CT molecular complexity index is 502. The molecule has 0 radical (unpaired) electrons. The molecule has 0 heterocycles. The fraction of sp³-hybridized carbons (Fsp3) is 0.611. The van der Waals surface area contributed by atoms with Crippen LogP contribution >= 0.6 is 0 Å². The lowest BCUT2D eigenvalue weighted by Gasteiger charge is -2.31. The Morgan fingerprint density at radius 2 is 1.78 bits per heavy atom. The van der Waals surface area contributed by atoms with Crippen molar-refractivity contribution < 1.29 is 24.2 Å². The van der Waals surface area contributed by atoms with Gasteiger partial charge >= 0.3 is 11.9 Å². The number of carboxylic acids is 1. The summed E-state index contributed by atoms with van der Waals surface area (Å²) in [5, 5.41) is 8.95. The molecule has 0 aromatic carbocycles. The van der Waals surface area contributed by atoms with E-state index < -0.39 is 17.2 Å². The van der Waals surface area contributed by atoms with Crippen LogP contribution < -0.4 is 0 Å². The Balaban J connectivity index is 0.000000688. The number of ketones is 1. The molecule has 0 saturated carbocycles. The number of rotatable bonds is 6. The molecule has 5 heteroatoms. The zero-order valence-electron chi connectivity index (χ0n) is 14.8. The van der Waals surface area contributed by atoms with Crippen molar-refractivity contribution in [3.05, 3.63) is 23.3 Å². The van der Waals surface area contributed by atoms with Crippen molar-refractivity contribution in [3.63, 3.8) is 0 Å². The molecule has 0 aliphatic heterocycles. The SMILES string of the molecule is CCC1=CC(CC)(C(=O)C(=O)O)CC(CC)=C1.CCOC(C)=O. The highest BCUT2D eigenvalue weighted by atomic mass is 16.5. The first-order valence-electron chi connectivity index (χ1n) is 8.08. The highest BCUT2D eigenvalue weighted by Crippen LogP contribution is 2.39. The molecule has 23 heavy (non-hydrogen) atoms. The van der Waals surface area contributed by atoms with Gasteiger partial charge in [0, 0.05) is 6.92 Å². The fourth-order valence-corrected chi connectivity index (χ4v) is 2.55. The number of aliphatic carboxylic acids is 1. The quantitative estimate of drug-likeness (QED) is 0.595. The summed E-state index contributed by atoms with van der Waals surface area (Å²) in [6.45, 7) is 9.59. The molecule has 0 fully saturated rings. The number of carboxylic acid groups (broad SMARTS) is 1. The van der Waals surface area contributed by atoms with E-state index in [1.165, 1.54) is 12.5 Å². The first kappa shape index (κ1) is 21.1. The summed E-state index contributed by atoms with van der Waals surface area (Å²) in [5.41, 5.74) is 1.42. The van der Waals surface area contributed by atoms with E-state index in [2.05, 4.69) is 10.8 Å². The fourth-order valence-electron chi connectivity index (χ4n) is 2.55. The van der Waals surface area contributed by atoms with E-state index >= 15 is 0 Å². The standard InChI is InChI=1S/C14H20O3.C4H8O2/c1-4-10-7-11(5-2)9-14(6-3,8-10)12(15)13(16)17;1-3-6-4(2)5/h7-8H,4-6,9H2,1-3H3,(H,16,17);3H2,1-2H3. The van der Waals surface area contributed by atoms with Crippen LogP contribution in [0.2, 0.25) is 0 Å². The van der Waals surface area contributed by atoms with Crippen molar-refractivity contribution in [1.29, 1.82) is 0 Å². The molecular weight excluding hydrogens is 296 g/mol. The van der Waals surface area contributed by atoms with Crippen molar-refractivity contribution in [2.45, 2.75) is 60.3 Å². The minimum absolute atomic E-state index is 0.211. The molecule has 5 nitrogen and oxygen atoms in total. The summed E-state index contributed by atoms with van der Waals surface area (Å²) in [5.74, 6) is -2.21. The van der Waals surface area contributed by atoms with Gasteiger partial charge in [-0.25, -0.2) is 4.79 Å². The van der Waals surface area contributed by atoms with Gasteiger partial charge in [-0.3, -0.25) is 9.59 Å². The van der Waals surface area contributed by atoms with Crippen LogP contribution in [0.15, 0.2) is 23.3 Å². The number of carbonyl (C=O) groups excluding carboxylic acids is 2. The predicted molar refractivity (Wildman–Crippen MR) is 89.0 cm³/mol. The van der Waals surface area contributed by atoms with Crippen LogP contribution in [-0.2, 0) is 19.1 Å². The van der Waals surface area contributed by atoms with E-state index in [0.717, 1.165) is 18.4 Å². The second-order valence-electron chi connectivity index (χ2n) is 5.47. The van der Waals surface area contributed by atoms with Crippen LogP contribution in [0, 0.1) is 5.41 Å². The molecular formula is C18H28O5. The van der Waals surface area contributed by atoms with Gasteiger partial charge in [0.2, 0.25) is 5.78 Å². The normalized spacial score (nSPS) is 19.7. The van der Waals surface area contributed by atoms with Crippen molar-refractivity contribution in [1.82, 2.24) is 0 Å². The topological polar surface area (TPSA) is 80.7 Å². The summed E-state index contributed by atoms with van der Waals surface area (Å²) in [7, 11) is 0. The minimum Gasteiger partial charge on any atom is -0.475 e. The second-order valence-corrected chi connectivity index (χ2v) is 5.47. The lowest BCUT2D eigenvalue weighted by molar-refractivity contribution is -0.153. The molecule has 1 N–H and O–H groups in total. The molecule has 1 rings (SSSR count). The first-order chi connectivity index (χ1) is 10.8. The monoisotopic (exact) mass is 324 g/mol. The summed E-state index contributed by atoms with van der Waals surface area (Å²) in [4.78, 5) is 32.7. The molecule has 1 atom stereocenters. The summed E-state index contributed by atoms with van der Waals surface area (Å²) < 4.78 is 4.40. The molecule has 1 aliphatic rings. The van der Waals surface area contributed by atoms with Crippen LogP contribution in [0.4, 0.5) is 0 Å². The number of hydrogen-bond donors (Lipinski definition) is 1. The predicted octanol–water partition coefficient (Wildman–Crippen LogP) is 3.68. The van der Waals surface area contributed by atoms with Gasteiger partial charge in [0.25, 0.3) is 0 Å². The third-order valence-electron chi connectivity index (χ3n) is 3.88. The Hall–Kier alpha value is -1.91. The highest BCUT2D eigenvalue weighted by molar-refractivity contribution is 6.35.